The fourth-order valence-electron chi connectivity index (χ4n) is 4.07. The van der Waals surface area contributed by atoms with Gasteiger partial charge in [-0.15, -0.1) is 0 Å². The normalized spacial score (nSPS) is 27.1. The van der Waals surface area contributed by atoms with Crippen molar-refractivity contribution in [3.8, 4) is 0 Å². The molecule has 0 bridgehead atoms. The Balaban J connectivity index is 1.15. The van der Waals surface area contributed by atoms with Gasteiger partial charge in [-0.25, -0.2) is 0 Å². The van der Waals surface area contributed by atoms with Crippen LogP contribution >= 0.6 is 23.2 Å². The van der Waals surface area contributed by atoms with Gasteiger partial charge >= 0.3 is 0 Å². The van der Waals surface area contributed by atoms with E-state index in [1.807, 2.05) is 18.2 Å². The summed E-state index contributed by atoms with van der Waals surface area (Å²) in [7, 11) is 0. The zero-order chi connectivity index (χ0) is 19.0. The summed E-state index contributed by atoms with van der Waals surface area (Å²) in [5, 5.41) is 14.0. The molecule has 1 aromatic carbocycles. The number of carbonyl (C=O) groups excluding carboxylic acids is 1. The molecule has 7 heteroatoms. The van der Waals surface area contributed by atoms with E-state index in [-0.39, 0.29) is 11.9 Å². The SMILES string of the molecule is O=C(N[C@H]1C[C@@H](CCN2CCN(c3cccc(Cl)c3Cl)CC2)C1)C1(O)CC1. The Kier molecular flexibility index (Phi) is 5.57. The summed E-state index contributed by atoms with van der Waals surface area (Å²) in [6, 6.07) is 6.06. The van der Waals surface area contributed by atoms with Gasteiger partial charge in [-0.2, -0.15) is 0 Å². The summed E-state index contributed by atoms with van der Waals surface area (Å²) in [6.07, 6.45) is 4.48. The lowest BCUT2D eigenvalue weighted by Crippen LogP contribution is -2.50. The monoisotopic (exact) mass is 411 g/mol. The van der Waals surface area contributed by atoms with E-state index in [4.69, 9.17) is 23.2 Å². The molecule has 4 rings (SSSR count). The van der Waals surface area contributed by atoms with Gasteiger partial charge in [0.05, 0.1) is 15.7 Å². The minimum Gasteiger partial charge on any atom is -0.380 e. The van der Waals surface area contributed by atoms with Crippen LogP contribution in [0.25, 0.3) is 0 Å². The first-order valence-electron chi connectivity index (χ1n) is 9.89. The Bertz CT molecular complexity index is 696. The van der Waals surface area contributed by atoms with E-state index in [2.05, 4.69) is 15.1 Å². The standard InChI is InChI=1S/C20H27Cl2N3O2/c21-16-2-1-3-17(18(16)22)25-10-8-24(9-11-25)7-4-14-12-15(13-14)23-19(26)20(27)5-6-20/h1-3,14-15,27H,4-13H2,(H,23,26)/t14-,15+. The first-order chi connectivity index (χ1) is 12.9. The number of hydrogen-bond acceptors (Lipinski definition) is 4. The Morgan fingerprint density at radius 1 is 1.19 bits per heavy atom. The van der Waals surface area contributed by atoms with Crippen LogP contribution in [0.2, 0.25) is 10.0 Å². The molecular weight excluding hydrogens is 385 g/mol. The molecule has 148 valence electrons. The molecular formula is C20H27Cl2N3O2. The lowest BCUT2D eigenvalue weighted by atomic mass is 9.78. The minimum atomic E-state index is -1.05. The van der Waals surface area contributed by atoms with Crippen molar-refractivity contribution >= 4 is 34.8 Å². The highest BCUT2D eigenvalue weighted by Gasteiger charge is 2.49. The van der Waals surface area contributed by atoms with E-state index in [1.54, 1.807) is 0 Å². The molecule has 1 saturated heterocycles. The maximum atomic E-state index is 11.8. The second kappa shape index (κ2) is 7.78. The molecule has 0 spiro atoms. The maximum absolute atomic E-state index is 11.8. The molecule has 2 aliphatic carbocycles. The van der Waals surface area contributed by atoms with Crippen LogP contribution < -0.4 is 10.2 Å². The number of rotatable bonds is 6. The second-order valence-corrected chi connectivity index (χ2v) is 9.01. The van der Waals surface area contributed by atoms with E-state index < -0.39 is 5.60 Å². The summed E-state index contributed by atoms with van der Waals surface area (Å²) in [6.45, 7) is 5.09. The number of hydrogen-bond donors (Lipinski definition) is 2. The zero-order valence-corrected chi connectivity index (χ0v) is 17.0. The average Bonchev–Trinajstić information content (AvgIpc) is 3.38. The van der Waals surface area contributed by atoms with Crippen LogP contribution in [-0.4, -0.2) is 60.3 Å². The second-order valence-electron chi connectivity index (χ2n) is 8.23. The smallest absolute Gasteiger partial charge is 0.252 e. The molecule has 0 unspecified atom stereocenters. The van der Waals surface area contributed by atoms with Crippen molar-refractivity contribution < 1.29 is 9.90 Å². The molecule has 1 aliphatic heterocycles. The van der Waals surface area contributed by atoms with Gasteiger partial charge in [0.1, 0.15) is 5.60 Å². The number of nitrogens with one attached hydrogen (secondary N) is 1. The number of aliphatic hydroxyl groups is 1. The van der Waals surface area contributed by atoms with Crippen LogP contribution in [-0.2, 0) is 4.79 Å². The molecule has 0 radical (unpaired) electrons. The molecule has 0 atom stereocenters. The molecule has 3 fully saturated rings. The first-order valence-corrected chi connectivity index (χ1v) is 10.6. The topological polar surface area (TPSA) is 55.8 Å². The van der Waals surface area contributed by atoms with Gasteiger partial charge in [0, 0.05) is 32.2 Å². The third-order valence-electron chi connectivity index (χ3n) is 6.21. The summed E-state index contributed by atoms with van der Waals surface area (Å²) >= 11 is 12.5. The number of anilines is 1. The van der Waals surface area contributed by atoms with Crippen LogP contribution in [0.3, 0.4) is 0 Å². The lowest BCUT2D eigenvalue weighted by molar-refractivity contribution is -0.133. The largest absolute Gasteiger partial charge is 0.380 e. The van der Waals surface area contributed by atoms with Crippen LogP contribution in [0.4, 0.5) is 5.69 Å². The predicted octanol–water partition coefficient (Wildman–Crippen LogP) is 2.93. The summed E-state index contributed by atoms with van der Waals surface area (Å²) in [5.41, 5.74) is -0.0184. The van der Waals surface area contributed by atoms with Gasteiger partial charge in [-0.1, -0.05) is 29.3 Å². The van der Waals surface area contributed by atoms with Crippen molar-refractivity contribution in [1.29, 1.82) is 0 Å². The van der Waals surface area contributed by atoms with Crippen molar-refractivity contribution in [1.82, 2.24) is 10.2 Å². The van der Waals surface area contributed by atoms with Crippen molar-refractivity contribution in [2.75, 3.05) is 37.6 Å². The van der Waals surface area contributed by atoms with E-state index in [0.29, 0.717) is 28.8 Å². The van der Waals surface area contributed by atoms with Gasteiger partial charge in [-0.05, 0) is 56.7 Å². The molecule has 2 saturated carbocycles. The Hall–Kier alpha value is -1.01. The highest BCUT2D eigenvalue weighted by Crippen LogP contribution is 2.37. The maximum Gasteiger partial charge on any atom is 0.252 e. The van der Waals surface area contributed by atoms with E-state index in [1.165, 1.54) is 6.42 Å². The molecule has 1 amide bonds. The van der Waals surface area contributed by atoms with Crippen molar-refractivity contribution in [3.05, 3.63) is 28.2 Å². The fourth-order valence-corrected chi connectivity index (χ4v) is 4.48. The van der Waals surface area contributed by atoms with Gasteiger partial charge in [0.25, 0.3) is 5.91 Å². The highest BCUT2D eigenvalue weighted by atomic mass is 35.5. The number of benzene rings is 1. The molecule has 1 aromatic rings. The van der Waals surface area contributed by atoms with E-state index in [9.17, 15) is 9.90 Å². The van der Waals surface area contributed by atoms with Gasteiger partial charge in [0.15, 0.2) is 0 Å². The molecule has 0 aromatic heterocycles. The predicted molar refractivity (Wildman–Crippen MR) is 109 cm³/mol. The molecule has 27 heavy (non-hydrogen) atoms. The van der Waals surface area contributed by atoms with Crippen molar-refractivity contribution in [2.24, 2.45) is 5.92 Å². The summed E-state index contributed by atoms with van der Waals surface area (Å²) in [4.78, 5) is 16.7. The average molecular weight is 412 g/mol. The fraction of sp³-hybridized carbons (Fsp3) is 0.650. The molecule has 2 N–H and O–H groups in total. The molecule has 5 nitrogen and oxygen atoms in total. The Morgan fingerprint density at radius 3 is 2.56 bits per heavy atom. The Morgan fingerprint density at radius 2 is 1.89 bits per heavy atom. The van der Waals surface area contributed by atoms with Crippen LogP contribution in [0.5, 0.6) is 0 Å². The summed E-state index contributed by atoms with van der Waals surface area (Å²) in [5.74, 6) is 0.520. The quantitative estimate of drug-likeness (QED) is 0.755. The summed E-state index contributed by atoms with van der Waals surface area (Å²) < 4.78 is 0. The third-order valence-corrected chi connectivity index (χ3v) is 7.02. The van der Waals surface area contributed by atoms with Crippen LogP contribution in [0.15, 0.2) is 18.2 Å². The lowest BCUT2D eigenvalue weighted by Gasteiger charge is -2.40. The third kappa shape index (κ3) is 4.37. The number of amides is 1. The molecule has 3 aliphatic rings. The number of nitrogens with zero attached hydrogens (tertiary/aromatic N) is 2. The van der Waals surface area contributed by atoms with Gasteiger partial charge in [-0.3, -0.25) is 9.69 Å². The minimum absolute atomic E-state index is 0.165. The first kappa shape index (κ1) is 19.3. The zero-order valence-electron chi connectivity index (χ0n) is 15.5. The number of carbonyl (C=O) groups is 1. The van der Waals surface area contributed by atoms with E-state index in [0.717, 1.165) is 51.3 Å². The highest BCUT2D eigenvalue weighted by molar-refractivity contribution is 6.43. The van der Waals surface area contributed by atoms with Gasteiger partial charge < -0.3 is 15.3 Å². The number of piperazine rings is 1. The number of halogens is 2. The van der Waals surface area contributed by atoms with Crippen molar-refractivity contribution in [3.63, 3.8) is 0 Å². The Labute approximate surface area is 170 Å². The molecule has 1 heterocycles. The van der Waals surface area contributed by atoms with Crippen LogP contribution in [0.1, 0.15) is 32.1 Å². The van der Waals surface area contributed by atoms with E-state index >= 15 is 0 Å². The van der Waals surface area contributed by atoms with Crippen molar-refractivity contribution in [2.45, 2.75) is 43.7 Å². The van der Waals surface area contributed by atoms with Crippen LogP contribution in [0, 0.1) is 5.92 Å². The van der Waals surface area contributed by atoms with Gasteiger partial charge in [0.2, 0.25) is 0 Å².